The van der Waals surface area contributed by atoms with Crippen molar-refractivity contribution < 1.29 is 4.79 Å². The van der Waals surface area contributed by atoms with Crippen molar-refractivity contribution in [2.75, 3.05) is 0 Å². The van der Waals surface area contributed by atoms with Crippen molar-refractivity contribution in [1.82, 2.24) is 0 Å². The smallest absolute Gasteiger partial charge is 0.146 e. The van der Waals surface area contributed by atoms with Gasteiger partial charge in [-0.3, -0.25) is 4.79 Å². The van der Waals surface area contributed by atoms with Crippen LogP contribution in [0.1, 0.15) is 47.2 Å². The van der Waals surface area contributed by atoms with Crippen LogP contribution in [0, 0.1) is 34.6 Å². The molecule has 1 aromatic rings. The molecule has 0 aromatic heterocycles. The van der Waals surface area contributed by atoms with Gasteiger partial charge in [-0.1, -0.05) is 0 Å². The molecule has 0 saturated heterocycles. The summed E-state index contributed by atoms with van der Waals surface area (Å²) < 4.78 is 0. The Morgan fingerprint density at radius 2 is 1.12 bits per heavy atom. The lowest BCUT2D eigenvalue weighted by atomic mass is 9.85. The zero-order valence-corrected chi connectivity index (χ0v) is 12.0. The number of allylic oxidation sites excluding steroid dienone is 2. The first-order chi connectivity index (χ1) is 7.82. The minimum Gasteiger partial charge on any atom is -0.298 e. The fourth-order valence-corrected chi connectivity index (χ4v) is 2.35. The molecular weight excluding hydrogens is 208 g/mol. The minimum absolute atomic E-state index is 0.818. The first-order valence-corrected chi connectivity index (χ1v) is 6.02. The molecule has 1 aromatic carbocycles. The van der Waals surface area contributed by atoms with E-state index in [0.717, 1.165) is 17.4 Å². The Balaban J connectivity index is 3.73. The van der Waals surface area contributed by atoms with E-state index in [0.29, 0.717) is 0 Å². The predicted molar refractivity (Wildman–Crippen MR) is 74.5 cm³/mol. The summed E-state index contributed by atoms with van der Waals surface area (Å²) in [5, 5.41) is 0. The molecule has 0 saturated carbocycles. The fourth-order valence-electron chi connectivity index (χ4n) is 2.35. The highest BCUT2D eigenvalue weighted by Crippen LogP contribution is 2.31. The monoisotopic (exact) mass is 230 g/mol. The summed E-state index contributed by atoms with van der Waals surface area (Å²) in [5.41, 5.74) is 9.78. The summed E-state index contributed by atoms with van der Waals surface area (Å²) in [6, 6.07) is 0. The molecule has 0 amide bonds. The molecule has 0 spiro atoms. The van der Waals surface area contributed by atoms with E-state index in [4.69, 9.17) is 0 Å². The van der Waals surface area contributed by atoms with Crippen LogP contribution in [0.2, 0.25) is 0 Å². The summed E-state index contributed by atoms with van der Waals surface area (Å²) in [7, 11) is 0. The second-order valence-corrected chi connectivity index (χ2v) is 4.93. The van der Waals surface area contributed by atoms with Crippen molar-refractivity contribution >= 4 is 11.9 Å². The molecule has 0 fully saturated rings. The third-order valence-corrected chi connectivity index (χ3v) is 4.14. The maximum absolute atomic E-state index is 10.9. The van der Waals surface area contributed by atoms with Gasteiger partial charge in [0.25, 0.3) is 0 Å². The van der Waals surface area contributed by atoms with Crippen molar-refractivity contribution in [3.05, 3.63) is 39.0 Å². The van der Waals surface area contributed by atoms with Crippen molar-refractivity contribution in [1.29, 1.82) is 0 Å². The Labute approximate surface area is 105 Å². The Hall–Kier alpha value is -1.37. The Bertz CT molecular complexity index is 476. The SMILES string of the molecule is C/C(C=O)=C(/C)c1c(C)c(C)c(C)c(C)c1C. The number of carbonyl (C=O) groups excluding carboxylic acids is 1. The number of rotatable bonds is 2. The minimum atomic E-state index is 0.818. The van der Waals surface area contributed by atoms with Gasteiger partial charge in [-0.05, 0) is 93.0 Å². The summed E-state index contributed by atoms with van der Waals surface area (Å²) in [6.45, 7) is 14.7. The highest BCUT2D eigenvalue weighted by molar-refractivity contribution is 5.88. The van der Waals surface area contributed by atoms with Gasteiger partial charge in [0.2, 0.25) is 0 Å². The van der Waals surface area contributed by atoms with Gasteiger partial charge in [-0.25, -0.2) is 0 Å². The van der Waals surface area contributed by atoms with Crippen LogP contribution in [0.4, 0.5) is 0 Å². The topological polar surface area (TPSA) is 17.1 Å². The van der Waals surface area contributed by atoms with E-state index in [2.05, 4.69) is 34.6 Å². The summed E-state index contributed by atoms with van der Waals surface area (Å²) in [4.78, 5) is 10.9. The van der Waals surface area contributed by atoms with Crippen molar-refractivity contribution in [3.63, 3.8) is 0 Å². The molecule has 0 bridgehead atoms. The number of hydrogen-bond donors (Lipinski definition) is 0. The van der Waals surface area contributed by atoms with Crippen LogP contribution in [0.5, 0.6) is 0 Å². The molecule has 0 unspecified atom stereocenters. The van der Waals surface area contributed by atoms with E-state index in [1.807, 2.05) is 13.8 Å². The van der Waals surface area contributed by atoms with Crippen LogP contribution in [-0.4, -0.2) is 6.29 Å². The summed E-state index contributed by atoms with van der Waals surface area (Å²) in [5.74, 6) is 0. The lowest BCUT2D eigenvalue weighted by molar-refractivity contribution is -0.104. The normalized spacial score (nSPS) is 12.4. The Kier molecular flexibility index (Phi) is 3.92. The quantitative estimate of drug-likeness (QED) is 0.549. The van der Waals surface area contributed by atoms with Gasteiger partial charge in [0, 0.05) is 0 Å². The molecule has 1 heteroatoms. The average molecular weight is 230 g/mol. The number of aldehydes is 1. The van der Waals surface area contributed by atoms with E-state index in [1.165, 1.54) is 33.4 Å². The molecule has 0 aliphatic carbocycles. The summed E-state index contributed by atoms with van der Waals surface area (Å²) >= 11 is 0. The van der Waals surface area contributed by atoms with E-state index in [-0.39, 0.29) is 0 Å². The zero-order chi connectivity index (χ0) is 13.3. The van der Waals surface area contributed by atoms with Crippen LogP contribution in [0.15, 0.2) is 5.57 Å². The van der Waals surface area contributed by atoms with E-state index in [1.54, 1.807) is 0 Å². The lowest BCUT2D eigenvalue weighted by Gasteiger charge is -2.19. The Morgan fingerprint density at radius 3 is 1.47 bits per heavy atom. The third kappa shape index (κ3) is 2.19. The number of benzene rings is 1. The average Bonchev–Trinajstić information content (AvgIpc) is 2.32. The van der Waals surface area contributed by atoms with Crippen molar-refractivity contribution in [3.8, 4) is 0 Å². The molecule has 0 atom stereocenters. The molecular formula is C16H22O. The highest BCUT2D eigenvalue weighted by Gasteiger charge is 2.14. The Morgan fingerprint density at radius 1 is 0.765 bits per heavy atom. The maximum atomic E-state index is 10.9. The van der Waals surface area contributed by atoms with Gasteiger partial charge >= 0.3 is 0 Å². The third-order valence-electron chi connectivity index (χ3n) is 4.14. The highest BCUT2D eigenvalue weighted by atomic mass is 16.1. The van der Waals surface area contributed by atoms with E-state index < -0.39 is 0 Å². The van der Waals surface area contributed by atoms with Crippen LogP contribution < -0.4 is 0 Å². The molecule has 92 valence electrons. The van der Waals surface area contributed by atoms with Crippen molar-refractivity contribution in [2.24, 2.45) is 0 Å². The van der Waals surface area contributed by atoms with Crippen LogP contribution in [0.3, 0.4) is 0 Å². The van der Waals surface area contributed by atoms with Crippen LogP contribution in [0.25, 0.3) is 5.57 Å². The predicted octanol–water partition coefficient (Wildman–Crippen LogP) is 4.22. The summed E-state index contributed by atoms with van der Waals surface area (Å²) in [6.07, 6.45) is 0.943. The zero-order valence-electron chi connectivity index (χ0n) is 12.0. The largest absolute Gasteiger partial charge is 0.298 e. The standard InChI is InChI=1S/C16H22O/c1-9(8-17)10(2)16-14(6)12(4)11(3)13(5)15(16)7/h8H,1-7H3/b10-9+. The second-order valence-electron chi connectivity index (χ2n) is 4.93. The van der Waals surface area contributed by atoms with E-state index in [9.17, 15) is 4.79 Å². The maximum Gasteiger partial charge on any atom is 0.146 e. The number of carbonyl (C=O) groups is 1. The lowest BCUT2D eigenvalue weighted by Crippen LogP contribution is -2.02. The van der Waals surface area contributed by atoms with Gasteiger partial charge in [0.15, 0.2) is 0 Å². The van der Waals surface area contributed by atoms with E-state index >= 15 is 0 Å². The first kappa shape index (κ1) is 13.7. The van der Waals surface area contributed by atoms with Gasteiger partial charge in [0.1, 0.15) is 6.29 Å². The van der Waals surface area contributed by atoms with Gasteiger partial charge in [-0.15, -0.1) is 0 Å². The molecule has 17 heavy (non-hydrogen) atoms. The molecule has 0 aliphatic heterocycles. The molecule has 1 nitrogen and oxygen atoms in total. The molecule has 0 radical (unpaired) electrons. The van der Waals surface area contributed by atoms with Crippen molar-refractivity contribution in [2.45, 2.75) is 48.5 Å². The second kappa shape index (κ2) is 4.87. The molecule has 0 heterocycles. The molecule has 1 rings (SSSR count). The van der Waals surface area contributed by atoms with Crippen LogP contribution in [-0.2, 0) is 4.79 Å². The molecule has 0 aliphatic rings. The van der Waals surface area contributed by atoms with Gasteiger partial charge in [0.05, 0.1) is 0 Å². The van der Waals surface area contributed by atoms with Gasteiger partial charge < -0.3 is 0 Å². The van der Waals surface area contributed by atoms with Gasteiger partial charge in [-0.2, -0.15) is 0 Å². The van der Waals surface area contributed by atoms with Crippen LogP contribution >= 0.6 is 0 Å². The molecule has 0 N–H and O–H groups in total. The fraction of sp³-hybridized carbons (Fsp3) is 0.438. The number of hydrogen-bond acceptors (Lipinski definition) is 1. The first-order valence-electron chi connectivity index (χ1n) is 6.02.